The van der Waals surface area contributed by atoms with Crippen LogP contribution in [0.3, 0.4) is 0 Å². The van der Waals surface area contributed by atoms with Gasteiger partial charge in [0.2, 0.25) is 10.0 Å². The Labute approximate surface area is 251 Å². The number of nitrogens with zero attached hydrogens (tertiary/aromatic N) is 1. The van der Waals surface area contributed by atoms with Crippen molar-refractivity contribution in [1.82, 2.24) is 14.7 Å². The molecule has 42 heavy (non-hydrogen) atoms. The van der Waals surface area contributed by atoms with E-state index in [1.54, 1.807) is 38.1 Å². The molecule has 0 spiro atoms. The van der Waals surface area contributed by atoms with Crippen molar-refractivity contribution < 1.29 is 27.0 Å². The highest BCUT2D eigenvalue weighted by molar-refractivity contribution is 7.99. The maximum Gasteiger partial charge on any atom is 0.209 e. The smallest absolute Gasteiger partial charge is 0.209 e. The van der Waals surface area contributed by atoms with E-state index in [2.05, 4.69) is 23.6 Å². The second kappa shape index (κ2) is 13.7. The van der Waals surface area contributed by atoms with E-state index in [0.717, 1.165) is 45.1 Å². The highest BCUT2D eigenvalue weighted by Gasteiger charge is 2.31. The van der Waals surface area contributed by atoms with Gasteiger partial charge in [0.05, 0.1) is 45.1 Å². The van der Waals surface area contributed by atoms with Gasteiger partial charge in [0.25, 0.3) is 0 Å². The summed E-state index contributed by atoms with van der Waals surface area (Å²) in [6.07, 6.45) is 1.14. The zero-order chi connectivity index (χ0) is 30.3. The van der Waals surface area contributed by atoms with Crippen LogP contribution >= 0.6 is 11.8 Å². The normalized spacial score (nSPS) is 12.0. The number of thioether (sulfide) groups is 1. The lowest BCUT2D eigenvalue weighted by atomic mass is 9.79. The Hall–Kier alpha value is -3.38. The quantitative estimate of drug-likeness (QED) is 0.135. The molecule has 3 aromatic carbocycles. The monoisotopic (exact) mass is 613 g/mol. The summed E-state index contributed by atoms with van der Waals surface area (Å²) in [5.41, 5.74) is 4.85. The van der Waals surface area contributed by atoms with Gasteiger partial charge in [-0.15, -0.1) is 0 Å². The molecule has 0 aliphatic heterocycles. The Bertz CT molecular complexity index is 1590. The molecule has 0 saturated carbocycles. The molecular weight excluding hydrogens is 577 g/mol. The topological polar surface area (TPSA) is 103 Å². The number of sulfonamides is 1. The fourth-order valence-electron chi connectivity index (χ4n) is 4.41. The molecule has 0 saturated heterocycles. The maximum absolute atomic E-state index is 13.7. The summed E-state index contributed by atoms with van der Waals surface area (Å²) < 4.78 is 55.6. The molecule has 0 aliphatic carbocycles. The standard InChI is InChI=1S/C31H36FN3O5S2/c1-31(2,24-12-15-26(38-3)27(18-24)39-4)29-28(23-10-13-25(32)14-11-23)34-30(35-29)41-17-16-40-20-22-8-6-21(7-9-22)19-33-42(5,36)37/h6-15,18,33H,16-17,19-20H2,1-5H3,(H,34,35). The first-order valence-electron chi connectivity index (χ1n) is 13.3. The van der Waals surface area contributed by atoms with Crippen molar-refractivity contribution in [3.05, 3.63) is 94.9 Å². The van der Waals surface area contributed by atoms with Crippen LogP contribution < -0.4 is 14.2 Å². The first-order chi connectivity index (χ1) is 20.0. The maximum atomic E-state index is 13.7. The van der Waals surface area contributed by atoms with Crippen LogP contribution in [0.2, 0.25) is 0 Å². The predicted molar refractivity (Wildman–Crippen MR) is 164 cm³/mol. The molecule has 4 rings (SSSR count). The number of methoxy groups -OCH3 is 2. The molecule has 0 aliphatic rings. The Morgan fingerprint density at radius 1 is 0.952 bits per heavy atom. The fraction of sp³-hybridized carbons (Fsp3) is 0.323. The third-order valence-corrected chi connectivity index (χ3v) is 8.33. The van der Waals surface area contributed by atoms with Gasteiger partial charge >= 0.3 is 0 Å². The Morgan fingerprint density at radius 2 is 1.62 bits per heavy atom. The van der Waals surface area contributed by atoms with Gasteiger partial charge in [-0.05, 0) is 53.1 Å². The van der Waals surface area contributed by atoms with E-state index in [0.29, 0.717) is 30.5 Å². The molecule has 0 bridgehead atoms. The van der Waals surface area contributed by atoms with Crippen molar-refractivity contribution in [2.75, 3.05) is 32.8 Å². The van der Waals surface area contributed by atoms with Crippen molar-refractivity contribution >= 4 is 21.8 Å². The fourth-order valence-corrected chi connectivity index (χ4v) is 5.57. The van der Waals surface area contributed by atoms with Crippen LogP contribution in [-0.2, 0) is 33.3 Å². The summed E-state index contributed by atoms with van der Waals surface area (Å²) >= 11 is 1.55. The molecule has 1 heterocycles. The zero-order valence-electron chi connectivity index (χ0n) is 24.4. The van der Waals surface area contributed by atoms with E-state index in [1.165, 1.54) is 12.1 Å². The molecule has 8 nitrogen and oxygen atoms in total. The highest BCUT2D eigenvalue weighted by Crippen LogP contribution is 2.41. The second-order valence-corrected chi connectivity index (χ2v) is 13.2. The number of ether oxygens (including phenoxy) is 3. The molecule has 0 fully saturated rings. The number of hydrogen-bond acceptors (Lipinski definition) is 7. The molecule has 1 aromatic heterocycles. The predicted octanol–water partition coefficient (Wildman–Crippen LogP) is 5.92. The lowest BCUT2D eigenvalue weighted by molar-refractivity contribution is 0.136. The van der Waals surface area contributed by atoms with E-state index in [-0.39, 0.29) is 12.4 Å². The van der Waals surface area contributed by atoms with E-state index < -0.39 is 15.4 Å². The van der Waals surface area contributed by atoms with Crippen molar-refractivity contribution in [2.45, 2.75) is 37.6 Å². The molecule has 11 heteroatoms. The number of nitrogens with one attached hydrogen (secondary N) is 2. The number of H-pyrrole nitrogens is 1. The number of imidazole rings is 1. The second-order valence-electron chi connectivity index (χ2n) is 10.3. The summed E-state index contributed by atoms with van der Waals surface area (Å²) in [6.45, 7) is 5.41. The van der Waals surface area contributed by atoms with Crippen LogP contribution in [0.15, 0.2) is 71.9 Å². The van der Waals surface area contributed by atoms with Gasteiger partial charge in [0, 0.05) is 23.3 Å². The number of halogens is 1. The van der Waals surface area contributed by atoms with Crippen molar-refractivity contribution in [2.24, 2.45) is 0 Å². The number of hydrogen-bond donors (Lipinski definition) is 2. The molecular formula is C31H36FN3O5S2. The zero-order valence-corrected chi connectivity index (χ0v) is 26.0. The van der Waals surface area contributed by atoms with Crippen molar-refractivity contribution in [3.8, 4) is 22.8 Å². The van der Waals surface area contributed by atoms with E-state index >= 15 is 0 Å². The minimum absolute atomic E-state index is 0.254. The van der Waals surface area contributed by atoms with Crippen molar-refractivity contribution in [3.63, 3.8) is 0 Å². The minimum atomic E-state index is -3.23. The third kappa shape index (κ3) is 8.13. The van der Waals surface area contributed by atoms with Gasteiger partial charge in [-0.3, -0.25) is 0 Å². The number of aromatic nitrogens is 2. The Balaban J connectivity index is 1.45. The van der Waals surface area contributed by atoms with E-state index in [4.69, 9.17) is 19.2 Å². The molecule has 0 atom stereocenters. The SMILES string of the molecule is COc1ccc(C(C)(C)c2[nH]c(SCCOCc3ccc(CNS(C)(=O)=O)cc3)nc2-c2ccc(F)cc2)cc1OC. The summed E-state index contributed by atoms with van der Waals surface area (Å²) in [7, 11) is -0.0143. The Kier molecular flexibility index (Phi) is 10.3. The lowest BCUT2D eigenvalue weighted by Crippen LogP contribution is -2.21. The number of aromatic amines is 1. The highest BCUT2D eigenvalue weighted by atomic mass is 32.2. The van der Waals surface area contributed by atoms with Crippen LogP contribution in [0.1, 0.15) is 36.2 Å². The molecule has 0 unspecified atom stereocenters. The van der Waals surface area contributed by atoms with Crippen LogP contribution in [0, 0.1) is 5.82 Å². The molecule has 0 amide bonds. The summed E-state index contributed by atoms with van der Waals surface area (Å²) in [6, 6.07) is 19.8. The third-order valence-electron chi connectivity index (χ3n) is 6.83. The average molecular weight is 614 g/mol. The summed E-state index contributed by atoms with van der Waals surface area (Å²) in [4.78, 5) is 8.42. The van der Waals surface area contributed by atoms with Gasteiger partial charge in [0.1, 0.15) is 5.82 Å². The van der Waals surface area contributed by atoms with E-state index in [9.17, 15) is 12.8 Å². The average Bonchev–Trinajstić information content (AvgIpc) is 3.41. The van der Waals surface area contributed by atoms with Gasteiger partial charge < -0.3 is 19.2 Å². The Morgan fingerprint density at radius 3 is 2.26 bits per heavy atom. The van der Waals surface area contributed by atoms with Crippen LogP contribution in [0.4, 0.5) is 4.39 Å². The van der Waals surface area contributed by atoms with Gasteiger partial charge in [-0.2, -0.15) is 0 Å². The van der Waals surface area contributed by atoms with E-state index in [1.807, 2.05) is 42.5 Å². The first kappa shape index (κ1) is 31.6. The number of benzene rings is 3. The molecule has 0 radical (unpaired) electrons. The minimum Gasteiger partial charge on any atom is -0.493 e. The van der Waals surface area contributed by atoms with Crippen LogP contribution in [0.5, 0.6) is 11.5 Å². The van der Waals surface area contributed by atoms with Crippen LogP contribution in [0.25, 0.3) is 11.3 Å². The van der Waals surface area contributed by atoms with Gasteiger partial charge in [0.15, 0.2) is 16.7 Å². The van der Waals surface area contributed by atoms with Gasteiger partial charge in [-0.25, -0.2) is 22.5 Å². The van der Waals surface area contributed by atoms with Crippen molar-refractivity contribution in [1.29, 1.82) is 0 Å². The first-order valence-corrected chi connectivity index (χ1v) is 16.2. The molecule has 2 N–H and O–H groups in total. The molecule has 224 valence electrons. The number of rotatable bonds is 14. The largest absolute Gasteiger partial charge is 0.493 e. The summed E-state index contributed by atoms with van der Waals surface area (Å²) in [5.74, 6) is 1.65. The molecule has 4 aromatic rings. The summed E-state index contributed by atoms with van der Waals surface area (Å²) in [5, 5.41) is 0.740. The van der Waals surface area contributed by atoms with Crippen LogP contribution in [-0.4, -0.2) is 51.2 Å². The lowest BCUT2D eigenvalue weighted by Gasteiger charge is -2.26. The van der Waals surface area contributed by atoms with Gasteiger partial charge in [-0.1, -0.05) is 55.9 Å².